The normalized spacial score (nSPS) is 20.5. The van der Waals surface area contributed by atoms with E-state index in [1.165, 1.54) is 0 Å². The summed E-state index contributed by atoms with van der Waals surface area (Å²) in [7, 11) is 1.85. The van der Waals surface area contributed by atoms with Gasteiger partial charge < -0.3 is 14.2 Å². The number of amides is 2. The second kappa shape index (κ2) is 6.12. The summed E-state index contributed by atoms with van der Waals surface area (Å²) in [4.78, 5) is 33.4. The molecule has 1 aliphatic carbocycles. The molecule has 0 aromatic carbocycles. The topological polar surface area (TPSA) is 57.9 Å². The lowest BCUT2D eigenvalue weighted by molar-refractivity contribution is -0.142. The molecule has 2 aliphatic rings. The molecule has 1 atom stereocenters. The van der Waals surface area contributed by atoms with Crippen molar-refractivity contribution in [2.24, 2.45) is 0 Å². The number of carbonyl (C=O) groups excluding carboxylic acids is 2. The first kappa shape index (κ1) is 15.5. The molecule has 0 bridgehead atoms. The standard InChI is InChI=1S/C17H20N4O2S/c1-19(13-5-6-13)17(23)14-10-24-11-21(14)16(22)8-12-9-20-7-3-2-4-15(20)18-12/h2-4,7,9,13-14H,5-6,8,10-11H2,1H3/t14-/m1/s1. The Morgan fingerprint density at radius 3 is 2.96 bits per heavy atom. The lowest BCUT2D eigenvalue weighted by Gasteiger charge is -2.27. The SMILES string of the molecule is CN(C(=O)[C@H]1CSCN1C(=O)Cc1cn2ccccc2n1)C1CC1. The molecule has 1 saturated carbocycles. The molecule has 126 valence electrons. The highest BCUT2D eigenvalue weighted by Crippen LogP contribution is 2.29. The fourth-order valence-corrected chi connectivity index (χ4v) is 4.27. The van der Waals surface area contributed by atoms with Crippen molar-refractivity contribution in [2.75, 3.05) is 18.7 Å². The van der Waals surface area contributed by atoms with Crippen molar-refractivity contribution in [3.63, 3.8) is 0 Å². The molecule has 0 radical (unpaired) electrons. The van der Waals surface area contributed by atoms with Gasteiger partial charge in [-0.1, -0.05) is 6.07 Å². The van der Waals surface area contributed by atoms with Crippen LogP contribution in [0.1, 0.15) is 18.5 Å². The van der Waals surface area contributed by atoms with Gasteiger partial charge in [-0.2, -0.15) is 0 Å². The summed E-state index contributed by atoms with van der Waals surface area (Å²) < 4.78 is 1.91. The number of fused-ring (bicyclic) bond motifs is 1. The van der Waals surface area contributed by atoms with Crippen LogP contribution in [0.15, 0.2) is 30.6 Å². The molecular formula is C17H20N4O2S. The maximum Gasteiger partial charge on any atom is 0.246 e. The van der Waals surface area contributed by atoms with Gasteiger partial charge in [0, 0.05) is 31.2 Å². The van der Waals surface area contributed by atoms with Gasteiger partial charge >= 0.3 is 0 Å². The van der Waals surface area contributed by atoms with Crippen molar-refractivity contribution in [3.8, 4) is 0 Å². The number of pyridine rings is 1. The number of thioether (sulfide) groups is 1. The zero-order valence-corrected chi connectivity index (χ0v) is 14.4. The van der Waals surface area contributed by atoms with Crippen molar-refractivity contribution in [2.45, 2.75) is 31.3 Å². The van der Waals surface area contributed by atoms with Gasteiger partial charge in [-0.05, 0) is 25.0 Å². The van der Waals surface area contributed by atoms with E-state index in [4.69, 9.17) is 0 Å². The summed E-state index contributed by atoms with van der Waals surface area (Å²) in [6, 6.07) is 5.81. The first-order valence-electron chi connectivity index (χ1n) is 8.20. The van der Waals surface area contributed by atoms with Crippen LogP contribution in [0, 0.1) is 0 Å². The van der Waals surface area contributed by atoms with Gasteiger partial charge in [0.05, 0.1) is 18.0 Å². The zero-order valence-electron chi connectivity index (χ0n) is 13.6. The molecule has 3 heterocycles. The predicted molar refractivity (Wildman–Crippen MR) is 92.6 cm³/mol. The highest BCUT2D eigenvalue weighted by Gasteiger charge is 2.40. The quantitative estimate of drug-likeness (QED) is 0.841. The molecule has 2 fully saturated rings. The summed E-state index contributed by atoms with van der Waals surface area (Å²) in [5.41, 5.74) is 1.57. The highest BCUT2D eigenvalue weighted by atomic mass is 32.2. The van der Waals surface area contributed by atoms with E-state index in [0.29, 0.717) is 17.7 Å². The van der Waals surface area contributed by atoms with Gasteiger partial charge in [0.1, 0.15) is 11.7 Å². The minimum Gasteiger partial charge on any atom is -0.341 e. The number of likely N-dealkylation sites (N-methyl/N-ethyl adjacent to an activating group) is 1. The van der Waals surface area contributed by atoms with Crippen LogP contribution in [0.5, 0.6) is 0 Å². The Kier molecular flexibility index (Phi) is 3.96. The monoisotopic (exact) mass is 344 g/mol. The van der Waals surface area contributed by atoms with E-state index in [9.17, 15) is 9.59 Å². The predicted octanol–water partition coefficient (Wildman–Crippen LogP) is 1.40. The molecule has 0 N–H and O–H groups in total. The number of imidazole rings is 1. The molecule has 1 saturated heterocycles. The molecule has 1 aliphatic heterocycles. The van der Waals surface area contributed by atoms with Gasteiger partial charge in [0.25, 0.3) is 0 Å². The highest BCUT2D eigenvalue weighted by molar-refractivity contribution is 7.99. The number of aromatic nitrogens is 2. The minimum atomic E-state index is -0.329. The maximum absolute atomic E-state index is 12.7. The van der Waals surface area contributed by atoms with E-state index in [-0.39, 0.29) is 24.3 Å². The van der Waals surface area contributed by atoms with Crippen molar-refractivity contribution >= 4 is 29.2 Å². The molecule has 4 rings (SSSR count). The Bertz CT molecular complexity index is 753. The van der Waals surface area contributed by atoms with Crippen LogP contribution in [-0.2, 0) is 16.0 Å². The maximum atomic E-state index is 12.7. The van der Waals surface area contributed by atoms with E-state index in [1.807, 2.05) is 46.9 Å². The van der Waals surface area contributed by atoms with Crippen LogP contribution in [0.4, 0.5) is 0 Å². The van der Waals surface area contributed by atoms with Gasteiger partial charge in [-0.3, -0.25) is 9.59 Å². The summed E-state index contributed by atoms with van der Waals surface area (Å²) >= 11 is 1.64. The summed E-state index contributed by atoms with van der Waals surface area (Å²) in [6.45, 7) is 0. The van der Waals surface area contributed by atoms with Crippen LogP contribution in [0.3, 0.4) is 0 Å². The third-order valence-corrected chi connectivity index (χ3v) is 5.69. The fraction of sp³-hybridized carbons (Fsp3) is 0.471. The average Bonchev–Trinajstić information content (AvgIpc) is 3.17. The summed E-state index contributed by atoms with van der Waals surface area (Å²) in [5.74, 6) is 1.32. The molecule has 2 aromatic rings. The Hall–Kier alpha value is -2.02. The average molecular weight is 344 g/mol. The van der Waals surface area contributed by atoms with Crippen LogP contribution >= 0.6 is 11.8 Å². The first-order valence-corrected chi connectivity index (χ1v) is 9.35. The lowest BCUT2D eigenvalue weighted by atomic mass is 10.2. The molecule has 2 amide bonds. The Balaban J connectivity index is 1.47. The van der Waals surface area contributed by atoms with Gasteiger partial charge in [0.2, 0.25) is 11.8 Å². The molecule has 0 unspecified atom stereocenters. The van der Waals surface area contributed by atoms with Crippen molar-refractivity contribution in [1.82, 2.24) is 19.2 Å². The summed E-state index contributed by atoms with van der Waals surface area (Å²) in [6.07, 6.45) is 6.19. The third kappa shape index (κ3) is 2.88. The molecule has 24 heavy (non-hydrogen) atoms. The molecule has 7 heteroatoms. The fourth-order valence-electron chi connectivity index (χ4n) is 3.10. The van der Waals surface area contributed by atoms with E-state index < -0.39 is 0 Å². The second-order valence-corrected chi connectivity index (χ2v) is 7.43. The van der Waals surface area contributed by atoms with Crippen LogP contribution < -0.4 is 0 Å². The van der Waals surface area contributed by atoms with Crippen molar-refractivity contribution in [3.05, 3.63) is 36.3 Å². The van der Waals surface area contributed by atoms with Crippen molar-refractivity contribution in [1.29, 1.82) is 0 Å². The summed E-state index contributed by atoms with van der Waals surface area (Å²) in [5, 5.41) is 0. The van der Waals surface area contributed by atoms with E-state index in [2.05, 4.69) is 4.98 Å². The Labute approximate surface area is 144 Å². The van der Waals surface area contributed by atoms with E-state index in [1.54, 1.807) is 16.7 Å². The largest absolute Gasteiger partial charge is 0.341 e. The number of nitrogens with zero attached hydrogens (tertiary/aromatic N) is 4. The Morgan fingerprint density at radius 2 is 2.21 bits per heavy atom. The number of rotatable bonds is 4. The molecule has 0 spiro atoms. The van der Waals surface area contributed by atoms with Crippen LogP contribution in [-0.4, -0.2) is 61.8 Å². The van der Waals surface area contributed by atoms with Crippen molar-refractivity contribution < 1.29 is 9.59 Å². The molecular weight excluding hydrogens is 324 g/mol. The minimum absolute atomic E-state index is 0.0223. The second-order valence-electron chi connectivity index (χ2n) is 6.43. The molecule has 2 aromatic heterocycles. The third-order valence-electron chi connectivity index (χ3n) is 4.68. The van der Waals surface area contributed by atoms with Crippen LogP contribution in [0.2, 0.25) is 0 Å². The van der Waals surface area contributed by atoms with E-state index in [0.717, 1.165) is 24.2 Å². The number of hydrogen-bond donors (Lipinski definition) is 0. The van der Waals surface area contributed by atoms with E-state index >= 15 is 0 Å². The number of hydrogen-bond acceptors (Lipinski definition) is 4. The van der Waals surface area contributed by atoms with Gasteiger partial charge in [0.15, 0.2) is 0 Å². The smallest absolute Gasteiger partial charge is 0.246 e. The zero-order chi connectivity index (χ0) is 16.7. The first-order chi connectivity index (χ1) is 11.6. The van der Waals surface area contributed by atoms with Gasteiger partial charge in [-0.15, -0.1) is 11.8 Å². The lowest BCUT2D eigenvalue weighted by Crippen LogP contribution is -2.48. The molecule has 6 nitrogen and oxygen atoms in total. The van der Waals surface area contributed by atoms with Crippen LogP contribution in [0.25, 0.3) is 5.65 Å². The number of carbonyl (C=O) groups is 2. The Morgan fingerprint density at radius 1 is 1.38 bits per heavy atom. The van der Waals surface area contributed by atoms with Gasteiger partial charge in [-0.25, -0.2) is 4.98 Å².